The van der Waals surface area contributed by atoms with Gasteiger partial charge < -0.3 is 5.11 Å². The monoisotopic (exact) mass is 432 g/mol. The first-order valence-corrected chi connectivity index (χ1v) is 10.9. The Bertz CT molecular complexity index is 1130. The first kappa shape index (κ1) is 19.7. The number of hydrogen-bond donors (Lipinski definition) is 2. The minimum atomic E-state index is -1.68. The second kappa shape index (κ2) is 7.44. The number of carboxylic acid groups (broad SMARTS) is 1. The zero-order chi connectivity index (χ0) is 21.6. The van der Waals surface area contributed by atoms with Gasteiger partial charge in [-0.15, -0.1) is 11.3 Å². The maximum atomic E-state index is 13.6. The Labute approximate surface area is 183 Å². The molecule has 0 aliphatic carbocycles. The summed E-state index contributed by atoms with van der Waals surface area (Å²) in [4.78, 5) is 42.0. The van der Waals surface area contributed by atoms with Crippen LogP contribution in [0, 0.1) is 11.8 Å². The van der Waals surface area contributed by atoms with Gasteiger partial charge in [-0.1, -0.05) is 66.7 Å². The maximum Gasteiger partial charge on any atom is 0.329 e. The van der Waals surface area contributed by atoms with E-state index in [0.717, 1.165) is 10.4 Å². The number of amides is 2. The van der Waals surface area contributed by atoms with Crippen LogP contribution in [0.1, 0.15) is 22.0 Å². The van der Waals surface area contributed by atoms with E-state index in [1.165, 1.54) is 16.2 Å². The third-order valence-corrected chi connectivity index (χ3v) is 7.21. The fourth-order valence-electron chi connectivity index (χ4n) is 4.89. The zero-order valence-electron chi connectivity index (χ0n) is 16.5. The van der Waals surface area contributed by atoms with Crippen molar-refractivity contribution in [2.45, 2.75) is 18.1 Å². The fourth-order valence-corrected chi connectivity index (χ4v) is 5.71. The third kappa shape index (κ3) is 2.92. The molecule has 3 heterocycles. The van der Waals surface area contributed by atoms with E-state index >= 15 is 0 Å². The van der Waals surface area contributed by atoms with E-state index in [1.54, 1.807) is 30.3 Å². The summed E-state index contributed by atoms with van der Waals surface area (Å²) in [7, 11) is 0. The molecule has 2 aliphatic rings. The summed E-state index contributed by atoms with van der Waals surface area (Å²) in [6, 6.07) is 21.2. The number of rotatable bonds is 5. The molecule has 4 atom stereocenters. The summed E-state index contributed by atoms with van der Waals surface area (Å²) < 4.78 is 0. The van der Waals surface area contributed by atoms with Gasteiger partial charge in [0.1, 0.15) is 0 Å². The predicted octanol–water partition coefficient (Wildman–Crippen LogP) is 3.17. The van der Waals surface area contributed by atoms with Crippen LogP contribution >= 0.6 is 11.3 Å². The molecular weight excluding hydrogens is 412 g/mol. The number of hydrogen-bond acceptors (Lipinski definition) is 5. The molecule has 0 saturated carbocycles. The molecule has 2 aromatic carbocycles. The van der Waals surface area contributed by atoms with Crippen LogP contribution in [-0.4, -0.2) is 27.8 Å². The van der Waals surface area contributed by atoms with Crippen LogP contribution in [-0.2, 0) is 26.5 Å². The van der Waals surface area contributed by atoms with Gasteiger partial charge in [-0.2, -0.15) is 0 Å². The molecule has 0 radical (unpaired) electrons. The molecule has 6 nitrogen and oxygen atoms in total. The van der Waals surface area contributed by atoms with Crippen molar-refractivity contribution in [2.24, 2.45) is 11.8 Å². The molecule has 3 aromatic rings. The first-order valence-electron chi connectivity index (χ1n) is 10.0. The van der Waals surface area contributed by atoms with Crippen molar-refractivity contribution in [1.82, 2.24) is 10.2 Å². The lowest BCUT2D eigenvalue weighted by Crippen LogP contribution is -2.53. The van der Waals surface area contributed by atoms with Crippen LogP contribution in [0.25, 0.3) is 0 Å². The van der Waals surface area contributed by atoms with Gasteiger partial charge in [0.15, 0.2) is 5.54 Å². The minimum Gasteiger partial charge on any atom is -0.480 e. The molecule has 7 heteroatoms. The van der Waals surface area contributed by atoms with Gasteiger partial charge in [-0.25, -0.2) is 4.79 Å². The number of aliphatic carboxylic acids is 1. The first-order chi connectivity index (χ1) is 15.0. The average molecular weight is 433 g/mol. The lowest BCUT2D eigenvalue weighted by molar-refractivity contribution is -0.152. The summed E-state index contributed by atoms with van der Waals surface area (Å²) in [5.41, 5.74) is -0.386. The van der Waals surface area contributed by atoms with Gasteiger partial charge in [-0.05, 0) is 22.6 Å². The van der Waals surface area contributed by atoms with E-state index in [0.29, 0.717) is 5.56 Å². The second-order valence-corrected chi connectivity index (χ2v) is 8.85. The van der Waals surface area contributed by atoms with Gasteiger partial charge in [0.25, 0.3) is 0 Å². The lowest BCUT2D eigenvalue weighted by atomic mass is 9.76. The Morgan fingerprint density at radius 2 is 1.65 bits per heavy atom. The largest absolute Gasteiger partial charge is 0.480 e. The molecule has 1 aromatic heterocycles. The molecule has 0 spiro atoms. The van der Waals surface area contributed by atoms with E-state index in [2.05, 4.69) is 5.32 Å². The van der Waals surface area contributed by atoms with Gasteiger partial charge in [0, 0.05) is 4.88 Å². The topological polar surface area (TPSA) is 86.7 Å². The Morgan fingerprint density at radius 1 is 0.968 bits per heavy atom. The van der Waals surface area contributed by atoms with Crippen molar-refractivity contribution < 1.29 is 19.5 Å². The van der Waals surface area contributed by atoms with Crippen LogP contribution in [0.2, 0.25) is 0 Å². The molecule has 5 rings (SSSR count). The van der Waals surface area contributed by atoms with Crippen molar-refractivity contribution in [3.8, 4) is 0 Å². The molecule has 0 bridgehead atoms. The maximum absolute atomic E-state index is 13.6. The normalized spacial score (nSPS) is 27.5. The van der Waals surface area contributed by atoms with Crippen molar-refractivity contribution in [3.63, 3.8) is 0 Å². The summed E-state index contributed by atoms with van der Waals surface area (Å²) in [6.45, 7) is 0.132. The van der Waals surface area contributed by atoms with Gasteiger partial charge in [0.05, 0.1) is 24.4 Å². The van der Waals surface area contributed by atoms with E-state index < -0.39 is 35.3 Å². The third-order valence-electron chi connectivity index (χ3n) is 6.25. The molecular formula is C24H20N2O4S. The Balaban J connectivity index is 1.64. The van der Waals surface area contributed by atoms with E-state index in [4.69, 9.17) is 0 Å². The molecule has 156 valence electrons. The fraction of sp³-hybridized carbons (Fsp3) is 0.208. The number of fused-ring (bicyclic) bond motifs is 1. The molecule has 2 fully saturated rings. The zero-order valence-corrected chi connectivity index (χ0v) is 17.3. The number of carbonyl (C=O) groups is 3. The van der Waals surface area contributed by atoms with Crippen LogP contribution in [0.5, 0.6) is 0 Å². The highest BCUT2D eigenvalue weighted by atomic mass is 32.1. The SMILES string of the molecule is O=C1C2C(c3cccs3)NC(C(=O)O)(c3ccccc3)C2C(=O)N1Cc1ccccc1. The number of benzene rings is 2. The van der Waals surface area contributed by atoms with Crippen molar-refractivity contribution >= 4 is 29.1 Å². The highest BCUT2D eigenvalue weighted by molar-refractivity contribution is 7.10. The number of nitrogens with one attached hydrogen (secondary N) is 1. The van der Waals surface area contributed by atoms with E-state index in [1.807, 2.05) is 47.8 Å². The molecule has 2 N–H and O–H groups in total. The van der Waals surface area contributed by atoms with Gasteiger partial charge in [-0.3, -0.25) is 19.8 Å². The molecule has 2 saturated heterocycles. The molecule has 2 aliphatic heterocycles. The number of nitrogens with zero attached hydrogens (tertiary/aromatic N) is 1. The van der Waals surface area contributed by atoms with E-state index in [9.17, 15) is 19.5 Å². The minimum absolute atomic E-state index is 0.132. The number of carboxylic acids is 1. The van der Waals surface area contributed by atoms with Crippen LogP contribution < -0.4 is 5.32 Å². The molecule has 4 unspecified atom stereocenters. The average Bonchev–Trinajstić information content (AvgIpc) is 3.49. The van der Waals surface area contributed by atoms with E-state index in [-0.39, 0.29) is 12.5 Å². The molecule has 2 amide bonds. The second-order valence-electron chi connectivity index (χ2n) is 7.87. The number of imide groups is 1. The Hall–Kier alpha value is -3.29. The summed E-state index contributed by atoms with van der Waals surface area (Å²) in [5, 5.41) is 15.5. The lowest BCUT2D eigenvalue weighted by Gasteiger charge is -2.31. The van der Waals surface area contributed by atoms with Crippen LogP contribution in [0.4, 0.5) is 0 Å². The van der Waals surface area contributed by atoms with Crippen LogP contribution in [0.3, 0.4) is 0 Å². The summed E-state index contributed by atoms with van der Waals surface area (Å²) >= 11 is 1.45. The summed E-state index contributed by atoms with van der Waals surface area (Å²) in [5.74, 6) is -3.75. The Morgan fingerprint density at radius 3 is 2.26 bits per heavy atom. The molecule has 31 heavy (non-hydrogen) atoms. The number of thiophene rings is 1. The smallest absolute Gasteiger partial charge is 0.329 e. The number of likely N-dealkylation sites (tertiary alicyclic amines) is 1. The predicted molar refractivity (Wildman–Crippen MR) is 115 cm³/mol. The highest BCUT2D eigenvalue weighted by Gasteiger charge is 2.69. The highest BCUT2D eigenvalue weighted by Crippen LogP contribution is 2.53. The van der Waals surface area contributed by atoms with Crippen molar-refractivity contribution in [1.29, 1.82) is 0 Å². The number of carbonyl (C=O) groups excluding carboxylic acids is 2. The quantitative estimate of drug-likeness (QED) is 0.605. The standard InChI is InChI=1S/C24H20N2O4S/c27-21-18-19(22(28)26(21)14-15-8-3-1-4-9-15)24(23(29)30,16-10-5-2-6-11-16)25-20(18)17-12-7-13-31-17/h1-13,18-20,25H,14H2,(H,29,30). The van der Waals surface area contributed by atoms with Crippen molar-refractivity contribution in [2.75, 3.05) is 0 Å². The van der Waals surface area contributed by atoms with Gasteiger partial charge in [0.2, 0.25) is 11.8 Å². The summed E-state index contributed by atoms with van der Waals surface area (Å²) in [6.07, 6.45) is 0. The van der Waals surface area contributed by atoms with Crippen LogP contribution in [0.15, 0.2) is 78.2 Å². The Kier molecular flexibility index (Phi) is 4.72. The van der Waals surface area contributed by atoms with Gasteiger partial charge >= 0.3 is 5.97 Å². The van der Waals surface area contributed by atoms with Crippen molar-refractivity contribution in [3.05, 3.63) is 94.2 Å².